The summed E-state index contributed by atoms with van der Waals surface area (Å²) in [5.41, 5.74) is 0.289. The monoisotopic (exact) mass is 372 g/mol. The second-order valence-electron chi connectivity index (χ2n) is 6.74. The van der Waals surface area contributed by atoms with E-state index in [1.54, 1.807) is 30.0 Å². The molecule has 0 heterocycles. The molecule has 0 saturated heterocycles. The van der Waals surface area contributed by atoms with Crippen LogP contribution in [0.3, 0.4) is 0 Å². The highest BCUT2D eigenvalue weighted by molar-refractivity contribution is 6.36. The molecule has 0 radical (unpaired) electrons. The molecule has 0 aliphatic heterocycles. The molecule has 4 nitrogen and oxygen atoms in total. The van der Waals surface area contributed by atoms with Crippen LogP contribution in [0.15, 0.2) is 18.2 Å². The van der Waals surface area contributed by atoms with Crippen LogP contribution in [0.5, 0.6) is 0 Å². The van der Waals surface area contributed by atoms with Gasteiger partial charge < -0.3 is 10.2 Å². The van der Waals surface area contributed by atoms with Gasteiger partial charge in [-0.3, -0.25) is 9.59 Å². The highest BCUT2D eigenvalue weighted by Gasteiger charge is 2.30. The lowest BCUT2D eigenvalue weighted by atomic mass is 10.1. The molecule has 0 aromatic heterocycles. The average Bonchev–Trinajstić information content (AvgIpc) is 2.47. The largest absolute Gasteiger partial charge is 0.350 e. The second kappa shape index (κ2) is 8.72. The molecule has 2 amide bonds. The molecule has 1 atom stereocenters. The van der Waals surface area contributed by atoms with Gasteiger partial charge >= 0.3 is 0 Å². The standard InChI is InChI=1S/C18H26Cl2N2O2/c1-6-15(17(24)21-18(3,4)5)22(16(23)7-2)11-12-13(19)9-8-10-14(12)20/h8-10,15H,6-7,11H2,1-5H3,(H,21,24). The van der Waals surface area contributed by atoms with Crippen LogP contribution in [0.25, 0.3) is 0 Å². The third-order valence-electron chi connectivity index (χ3n) is 3.58. The van der Waals surface area contributed by atoms with Gasteiger partial charge in [-0.15, -0.1) is 0 Å². The van der Waals surface area contributed by atoms with Crippen LogP contribution in [0.2, 0.25) is 10.0 Å². The third-order valence-corrected chi connectivity index (χ3v) is 4.28. The molecule has 24 heavy (non-hydrogen) atoms. The van der Waals surface area contributed by atoms with Crippen molar-refractivity contribution in [2.75, 3.05) is 0 Å². The van der Waals surface area contributed by atoms with Gasteiger partial charge in [-0.05, 0) is 39.3 Å². The zero-order valence-electron chi connectivity index (χ0n) is 15.0. The fourth-order valence-electron chi connectivity index (χ4n) is 2.43. The number of carbonyl (C=O) groups excluding carboxylic acids is 2. The maximum absolute atomic E-state index is 12.6. The van der Waals surface area contributed by atoms with E-state index in [9.17, 15) is 9.59 Å². The van der Waals surface area contributed by atoms with Gasteiger partial charge in [0.15, 0.2) is 0 Å². The Hall–Kier alpha value is -1.26. The van der Waals surface area contributed by atoms with Crippen molar-refractivity contribution >= 4 is 35.0 Å². The van der Waals surface area contributed by atoms with Gasteiger partial charge in [-0.1, -0.05) is 43.1 Å². The fraction of sp³-hybridized carbons (Fsp3) is 0.556. The van der Waals surface area contributed by atoms with Crippen molar-refractivity contribution in [1.82, 2.24) is 10.2 Å². The Balaban J connectivity index is 3.15. The Bertz CT molecular complexity index is 577. The molecule has 0 spiro atoms. The van der Waals surface area contributed by atoms with Crippen LogP contribution >= 0.6 is 23.2 Å². The lowest BCUT2D eigenvalue weighted by Crippen LogP contribution is -2.53. The Morgan fingerprint density at radius 3 is 2.12 bits per heavy atom. The van der Waals surface area contributed by atoms with Crippen LogP contribution in [-0.4, -0.2) is 28.3 Å². The number of halogens is 2. The van der Waals surface area contributed by atoms with Gasteiger partial charge in [0, 0.05) is 34.1 Å². The number of amides is 2. The Kier molecular flexibility index (Phi) is 7.56. The summed E-state index contributed by atoms with van der Waals surface area (Å²) in [7, 11) is 0. The third kappa shape index (κ3) is 5.67. The highest BCUT2D eigenvalue weighted by atomic mass is 35.5. The Morgan fingerprint density at radius 2 is 1.71 bits per heavy atom. The number of nitrogens with zero attached hydrogens (tertiary/aromatic N) is 1. The van der Waals surface area contributed by atoms with E-state index in [0.717, 1.165) is 0 Å². The highest BCUT2D eigenvalue weighted by Crippen LogP contribution is 2.27. The summed E-state index contributed by atoms with van der Waals surface area (Å²) in [6.07, 6.45) is 0.817. The molecular formula is C18H26Cl2N2O2. The first-order valence-corrected chi connectivity index (χ1v) is 8.90. The lowest BCUT2D eigenvalue weighted by Gasteiger charge is -2.33. The van der Waals surface area contributed by atoms with E-state index in [2.05, 4.69) is 5.32 Å². The summed E-state index contributed by atoms with van der Waals surface area (Å²) in [6, 6.07) is 4.65. The zero-order valence-corrected chi connectivity index (χ0v) is 16.5. The molecule has 1 aromatic rings. The Morgan fingerprint density at radius 1 is 1.17 bits per heavy atom. The molecule has 0 bridgehead atoms. The summed E-state index contributed by atoms with van der Waals surface area (Å²) in [6.45, 7) is 9.60. The summed E-state index contributed by atoms with van der Waals surface area (Å²) < 4.78 is 0. The van der Waals surface area contributed by atoms with Crippen LogP contribution in [0, 0.1) is 0 Å². The van der Waals surface area contributed by atoms with Crippen molar-refractivity contribution < 1.29 is 9.59 Å². The summed E-state index contributed by atoms with van der Waals surface area (Å²) in [5, 5.41) is 3.92. The SMILES string of the molecule is CCC(=O)N(Cc1c(Cl)cccc1Cl)C(CC)C(=O)NC(C)(C)C. The predicted molar refractivity (Wildman–Crippen MR) is 99.3 cm³/mol. The van der Waals surface area contributed by atoms with Crippen molar-refractivity contribution in [3.05, 3.63) is 33.8 Å². The molecule has 1 unspecified atom stereocenters. The van der Waals surface area contributed by atoms with Crippen molar-refractivity contribution in [2.24, 2.45) is 0 Å². The van der Waals surface area contributed by atoms with Gasteiger partial charge in [-0.2, -0.15) is 0 Å². The minimum Gasteiger partial charge on any atom is -0.350 e. The normalized spacial score (nSPS) is 12.6. The van der Waals surface area contributed by atoms with Gasteiger partial charge in [0.25, 0.3) is 0 Å². The van der Waals surface area contributed by atoms with E-state index >= 15 is 0 Å². The first-order valence-electron chi connectivity index (χ1n) is 8.15. The van der Waals surface area contributed by atoms with Crippen molar-refractivity contribution in [2.45, 2.75) is 65.6 Å². The van der Waals surface area contributed by atoms with E-state index in [0.29, 0.717) is 28.5 Å². The molecule has 1 N–H and O–H groups in total. The van der Waals surface area contributed by atoms with E-state index in [1.165, 1.54) is 0 Å². The molecule has 0 saturated carbocycles. The lowest BCUT2D eigenvalue weighted by molar-refractivity contribution is -0.141. The number of hydrogen-bond donors (Lipinski definition) is 1. The first-order chi connectivity index (χ1) is 11.1. The smallest absolute Gasteiger partial charge is 0.243 e. The molecule has 6 heteroatoms. The minimum atomic E-state index is -0.566. The van der Waals surface area contributed by atoms with Gasteiger partial charge in [0.2, 0.25) is 11.8 Å². The van der Waals surface area contributed by atoms with Crippen LogP contribution in [0.1, 0.15) is 53.0 Å². The molecule has 134 valence electrons. The first kappa shape index (κ1) is 20.8. The van der Waals surface area contributed by atoms with Crippen LogP contribution in [0.4, 0.5) is 0 Å². The molecular weight excluding hydrogens is 347 g/mol. The summed E-state index contributed by atoms with van der Waals surface area (Å²) in [4.78, 5) is 26.7. The summed E-state index contributed by atoms with van der Waals surface area (Å²) in [5.74, 6) is -0.281. The quantitative estimate of drug-likeness (QED) is 0.802. The second-order valence-corrected chi connectivity index (χ2v) is 7.55. The molecule has 0 fully saturated rings. The number of nitrogens with one attached hydrogen (secondary N) is 1. The average molecular weight is 373 g/mol. The van der Waals surface area contributed by atoms with Crippen LogP contribution in [-0.2, 0) is 16.1 Å². The van der Waals surface area contributed by atoms with E-state index in [-0.39, 0.29) is 23.9 Å². The van der Waals surface area contributed by atoms with Gasteiger partial charge in [0.1, 0.15) is 6.04 Å². The van der Waals surface area contributed by atoms with E-state index < -0.39 is 6.04 Å². The number of carbonyl (C=O) groups is 2. The van der Waals surface area contributed by atoms with Crippen LogP contribution < -0.4 is 5.32 Å². The molecule has 1 rings (SSSR count). The Labute approximate surface area is 154 Å². The summed E-state index contributed by atoms with van der Waals surface area (Å²) >= 11 is 12.5. The topological polar surface area (TPSA) is 49.4 Å². The van der Waals surface area contributed by atoms with Gasteiger partial charge in [0.05, 0.1) is 0 Å². The maximum Gasteiger partial charge on any atom is 0.243 e. The van der Waals surface area contributed by atoms with Crippen molar-refractivity contribution in [3.8, 4) is 0 Å². The fourth-order valence-corrected chi connectivity index (χ4v) is 2.95. The van der Waals surface area contributed by atoms with Crippen molar-refractivity contribution in [3.63, 3.8) is 0 Å². The predicted octanol–water partition coefficient (Wildman–Crippen LogP) is 4.43. The number of hydrogen-bond acceptors (Lipinski definition) is 2. The molecule has 0 aliphatic rings. The van der Waals surface area contributed by atoms with Gasteiger partial charge in [-0.25, -0.2) is 0 Å². The van der Waals surface area contributed by atoms with E-state index in [1.807, 2.05) is 27.7 Å². The van der Waals surface area contributed by atoms with E-state index in [4.69, 9.17) is 23.2 Å². The zero-order chi connectivity index (χ0) is 18.5. The number of benzene rings is 1. The molecule has 0 aliphatic carbocycles. The maximum atomic E-state index is 12.6. The molecule has 1 aromatic carbocycles. The van der Waals surface area contributed by atoms with Crippen molar-refractivity contribution in [1.29, 1.82) is 0 Å². The minimum absolute atomic E-state index is 0.109. The number of rotatable bonds is 6.